The van der Waals surface area contributed by atoms with Gasteiger partial charge in [0.15, 0.2) is 0 Å². The molecule has 1 fully saturated rings. The third-order valence-electron chi connectivity index (χ3n) is 4.87. The average Bonchev–Trinajstić information content (AvgIpc) is 2.70. The molecule has 5 nitrogen and oxygen atoms in total. The normalized spacial score (nSPS) is 14.6. The monoisotopic (exact) mass is 400 g/mol. The number of ether oxygens (including phenoxy) is 1. The molecule has 1 aliphatic rings. The second-order valence-corrected chi connectivity index (χ2v) is 7.44. The molecule has 1 aliphatic heterocycles. The summed E-state index contributed by atoms with van der Waals surface area (Å²) in [6.07, 6.45) is 1.79. The maximum Gasteiger partial charge on any atom is 0.253 e. The zero-order chi connectivity index (χ0) is 19.9. The van der Waals surface area contributed by atoms with Gasteiger partial charge in [-0.05, 0) is 44.0 Å². The average molecular weight is 401 g/mol. The number of carbonyl (C=O) groups is 2. The first kappa shape index (κ1) is 20.2. The molecule has 0 saturated carbocycles. The van der Waals surface area contributed by atoms with E-state index in [1.54, 1.807) is 12.1 Å². The van der Waals surface area contributed by atoms with Gasteiger partial charge in [-0.25, -0.2) is 0 Å². The Balaban J connectivity index is 1.39. The molecular formula is C22H25ClN2O3. The number of halogens is 1. The second-order valence-electron chi connectivity index (χ2n) is 7.03. The molecule has 148 valence electrons. The van der Waals surface area contributed by atoms with Gasteiger partial charge in [-0.3, -0.25) is 9.59 Å². The number of nitrogens with one attached hydrogen (secondary N) is 1. The SMILES string of the molecule is Cc1ccc(C(=O)N2CCC(NC(=O)CCOc3ccccc3Cl)CC2)cc1. The molecular weight excluding hydrogens is 376 g/mol. The first-order valence-corrected chi connectivity index (χ1v) is 9.93. The van der Waals surface area contributed by atoms with Gasteiger partial charge in [-0.15, -0.1) is 0 Å². The van der Waals surface area contributed by atoms with Crippen molar-refractivity contribution in [1.29, 1.82) is 0 Å². The topological polar surface area (TPSA) is 58.6 Å². The molecule has 2 amide bonds. The molecule has 1 N–H and O–H groups in total. The molecule has 0 aliphatic carbocycles. The minimum atomic E-state index is -0.0460. The van der Waals surface area contributed by atoms with Crippen LogP contribution in [0.1, 0.15) is 35.2 Å². The van der Waals surface area contributed by atoms with E-state index < -0.39 is 0 Å². The third kappa shape index (κ3) is 5.49. The lowest BCUT2D eigenvalue weighted by Gasteiger charge is -2.32. The summed E-state index contributed by atoms with van der Waals surface area (Å²) in [5.41, 5.74) is 1.85. The van der Waals surface area contributed by atoms with Gasteiger partial charge in [0.05, 0.1) is 18.1 Å². The summed E-state index contributed by atoms with van der Waals surface area (Å²) in [6.45, 7) is 3.57. The summed E-state index contributed by atoms with van der Waals surface area (Å²) < 4.78 is 5.56. The number of hydrogen-bond acceptors (Lipinski definition) is 3. The minimum Gasteiger partial charge on any atom is -0.491 e. The van der Waals surface area contributed by atoms with Crippen molar-refractivity contribution in [3.8, 4) is 5.75 Å². The molecule has 0 bridgehead atoms. The summed E-state index contributed by atoms with van der Waals surface area (Å²) in [7, 11) is 0. The predicted molar refractivity (Wildman–Crippen MR) is 110 cm³/mol. The maximum atomic E-state index is 12.6. The largest absolute Gasteiger partial charge is 0.491 e. The lowest BCUT2D eigenvalue weighted by Crippen LogP contribution is -2.46. The summed E-state index contributed by atoms with van der Waals surface area (Å²) in [4.78, 5) is 26.6. The summed E-state index contributed by atoms with van der Waals surface area (Å²) in [5, 5.41) is 3.57. The lowest BCUT2D eigenvalue weighted by molar-refractivity contribution is -0.122. The van der Waals surface area contributed by atoms with Crippen molar-refractivity contribution in [3.05, 3.63) is 64.7 Å². The van der Waals surface area contributed by atoms with E-state index in [9.17, 15) is 9.59 Å². The number of para-hydroxylation sites is 1. The highest BCUT2D eigenvalue weighted by Crippen LogP contribution is 2.23. The van der Waals surface area contributed by atoms with E-state index in [-0.39, 0.29) is 30.9 Å². The second kappa shape index (κ2) is 9.60. The van der Waals surface area contributed by atoms with E-state index in [0.29, 0.717) is 29.4 Å². The highest BCUT2D eigenvalue weighted by molar-refractivity contribution is 6.32. The molecule has 3 rings (SSSR count). The van der Waals surface area contributed by atoms with Crippen LogP contribution in [0.5, 0.6) is 5.75 Å². The zero-order valence-corrected chi connectivity index (χ0v) is 16.7. The summed E-state index contributed by atoms with van der Waals surface area (Å²) in [5.74, 6) is 0.591. The maximum absolute atomic E-state index is 12.6. The smallest absolute Gasteiger partial charge is 0.253 e. The molecule has 6 heteroatoms. The van der Waals surface area contributed by atoms with Crippen LogP contribution in [0.4, 0.5) is 0 Å². The lowest BCUT2D eigenvalue weighted by atomic mass is 10.0. The number of piperidine rings is 1. The molecule has 28 heavy (non-hydrogen) atoms. The number of aryl methyl sites for hydroxylation is 1. The van der Waals surface area contributed by atoms with Crippen LogP contribution in [0.3, 0.4) is 0 Å². The van der Waals surface area contributed by atoms with Crippen LogP contribution in [-0.2, 0) is 4.79 Å². The molecule has 0 unspecified atom stereocenters. The predicted octanol–water partition coefficient (Wildman–Crippen LogP) is 3.84. The van der Waals surface area contributed by atoms with Crippen molar-refractivity contribution in [2.24, 2.45) is 0 Å². The molecule has 0 radical (unpaired) electrons. The van der Waals surface area contributed by atoms with Crippen LogP contribution in [-0.4, -0.2) is 42.5 Å². The van der Waals surface area contributed by atoms with E-state index in [0.717, 1.165) is 18.4 Å². The van der Waals surface area contributed by atoms with Crippen molar-refractivity contribution < 1.29 is 14.3 Å². The van der Waals surface area contributed by atoms with Crippen LogP contribution < -0.4 is 10.1 Å². The molecule has 0 spiro atoms. The molecule has 0 atom stereocenters. The van der Waals surface area contributed by atoms with E-state index in [2.05, 4.69) is 5.32 Å². The Morgan fingerprint density at radius 1 is 1.11 bits per heavy atom. The van der Waals surface area contributed by atoms with Gasteiger partial charge in [0.25, 0.3) is 5.91 Å². The Kier molecular flexibility index (Phi) is 6.93. The highest BCUT2D eigenvalue weighted by atomic mass is 35.5. The Morgan fingerprint density at radius 2 is 1.79 bits per heavy atom. The Labute approximate surface area is 170 Å². The van der Waals surface area contributed by atoms with Crippen molar-refractivity contribution in [2.75, 3.05) is 19.7 Å². The Morgan fingerprint density at radius 3 is 2.46 bits per heavy atom. The first-order chi connectivity index (χ1) is 13.5. The fourth-order valence-electron chi connectivity index (χ4n) is 3.22. The molecule has 0 aromatic heterocycles. The number of benzene rings is 2. The van der Waals surface area contributed by atoms with Crippen molar-refractivity contribution >= 4 is 23.4 Å². The molecule has 2 aromatic carbocycles. The number of hydrogen-bond donors (Lipinski definition) is 1. The van der Waals surface area contributed by atoms with E-state index >= 15 is 0 Å². The standard InChI is InChI=1S/C22H25ClN2O3/c1-16-6-8-17(9-7-16)22(27)25-13-10-18(11-14-25)24-21(26)12-15-28-20-5-3-2-4-19(20)23/h2-9,18H,10-15H2,1H3,(H,24,26). The summed E-state index contributed by atoms with van der Waals surface area (Å²) in [6, 6.07) is 14.9. The number of likely N-dealkylation sites (tertiary alicyclic amines) is 1. The Bertz CT molecular complexity index is 815. The molecule has 1 heterocycles. The van der Waals surface area contributed by atoms with E-state index in [4.69, 9.17) is 16.3 Å². The zero-order valence-electron chi connectivity index (χ0n) is 16.0. The van der Waals surface area contributed by atoms with Crippen LogP contribution in [0, 0.1) is 6.92 Å². The van der Waals surface area contributed by atoms with E-state index in [1.807, 2.05) is 48.2 Å². The Hall–Kier alpha value is -2.53. The van der Waals surface area contributed by atoms with Crippen molar-refractivity contribution in [2.45, 2.75) is 32.2 Å². The number of carbonyl (C=O) groups excluding carboxylic acids is 2. The van der Waals surface area contributed by atoms with Gasteiger partial charge < -0.3 is 15.0 Å². The van der Waals surface area contributed by atoms with Gasteiger partial charge in [0.2, 0.25) is 5.91 Å². The third-order valence-corrected chi connectivity index (χ3v) is 5.18. The van der Waals surface area contributed by atoms with Crippen molar-refractivity contribution in [3.63, 3.8) is 0 Å². The van der Waals surface area contributed by atoms with Crippen LogP contribution >= 0.6 is 11.6 Å². The van der Waals surface area contributed by atoms with Gasteiger partial charge in [-0.2, -0.15) is 0 Å². The van der Waals surface area contributed by atoms with Gasteiger partial charge in [-0.1, -0.05) is 41.4 Å². The van der Waals surface area contributed by atoms with E-state index in [1.165, 1.54) is 0 Å². The van der Waals surface area contributed by atoms with Crippen LogP contribution in [0.2, 0.25) is 5.02 Å². The first-order valence-electron chi connectivity index (χ1n) is 9.55. The van der Waals surface area contributed by atoms with Gasteiger partial charge in [0, 0.05) is 24.7 Å². The fraction of sp³-hybridized carbons (Fsp3) is 0.364. The quantitative estimate of drug-likeness (QED) is 0.801. The minimum absolute atomic E-state index is 0.0460. The molecule has 1 saturated heterocycles. The summed E-state index contributed by atoms with van der Waals surface area (Å²) >= 11 is 6.03. The van der Waals surface area contributed by atoms with Gasteiger partial charge in [0.1, 0.15) is 5.75 Å². The highest BCUT2D eigenvalue weighted by Gasteiger charge is 2.24. The van der Waals surface area contributed by atoms with Crippen LogP contribution in [0.25, 0.3) is 0 Å². The number of amides is 2. The van der Waals surface area contributed by atoms with Crippen LogP contribution in [0.15, 0.2) is 48.5 Å². The molecule has 2 aromatic rings. The van der Waals surface area contributed by atoms with Crippen molar-refractivity contribution in [1.82, 2.24) is 10.2 Å². The number of rotatable bonds is 6. The number of nitrogens with zero attached hydrogens (tertiary/aromatic N) is 1. The van der Waals surface area contributed by atoms with Gasteiger partial charge >= 0.3 is 0 Å². The fourth-order valence-corrected chi connectivity index (χ4v) is 3.41.